The van der Waals surface area contributed by atoms with Gasteiger partial charge in [0, 0.05) is 5.56 Å². The van der Waals surface area contributed by atoms with E-state index in [2.05, 4.69) is 18.7 Å². The van der Waals surface area contributed by atoms with Gasteiger partial charge in [-0.3, -0.25) is 4.98 Å². The Balaban J connectivity index is 2.25. The van der Waals surface area contributed by atoms with E-state index in [-0.39, 0.29) is 0 Å². The number of hydrogen-bond acceptors (Lipinski definition) is 6. The van der Waals surface area contributed by atoms with Crippen LogP contribution in [0.15, 0.2) is 30.6 Å². The Labute approximate surface area is 95.3 Å². The lowest BCUT2D eigenvalue weighted by atomic mass is 10.1. The molecule has 1 aromatic carbocycles. The number of nitrogens with zero attached hydrogens (tertiary/aromatic N) is 4. The highest BCUT2D eigenvalue weighted by Crippen LogP contribution is 2.25. The predicted molar refractivity (Wildman–Crippen MR) is 62.9 cm³/mol. The average Bonchev–Trinajstić information content (AvgIpc) is 2.78. The van der Waals surface area contributed by atoms with Crippen LogP contribution in [0.25, 0.3) is 22.3 Å². The first-order valence-corrected chi connectivity index (χ1v) is 5.37. The van der Waals surface area contributed by atoms with E-state index in [0.717, 1.165) is 22.3 Å². The average molecular weight is 229 g/mol. The van der Waals surface area contributed by atoms with Gasteiger partial charge in [0.2, 0.25) is 0 Å². The van der Waals surface area contributed by atoms with Crippen LogP contribution in [0.2, 0.25) is 0 Å². The molecule has 5 nitrogen and oxygen atoms in total. The molecule has 0 fully saturated rings. The van der Waals surface area contributed by atoms with E-state index < -0.39 is 0 Å². The summed E-state index contributed by atoms with van der Waals surface area (Å²) in [6.45, 7) is 0. The Morgan fingerprint density at radius 1 is 1.06 bits per heavy atom. The first kappa shape index (κ1) is 9.17. The van der Waals surface area contributed by atoms with Crippen LogP contribution in [0.5, 0.6) is 0 Å². The Hall–Kier alpha value is -2.08. The van der Waals surface area contributed by atoms with Gasteiger partial charge < -0.3 is 5.73 Å². The van der Waals surface area contributed by atoms with Crippen LogP contribution in [0.1, 0.15) is 0 Å². The minimum Gasteiger partial charge on any atom is -0.382 e. The fourth-order valence-corrected chi connectivity index (χ4v) is 2.04. The van der Waals surface area contributed by atoms with Gasteiger partial charge in [-0.25, -0.2) is 4.98 Å². The van der Waals surface area contributed by atoms with Crippen molar-refractivity contribution < 1.29 is 0 Å². The molecule has 3 rings (SSSR count). The predicted octanol–water partition coefficient (Wildman–Crippen LogP) is 1.73. The zero-order valence-corrected chi connectivity index (χ0v) is 8.98. The number of nitrogens with two attached hydrogens (primary N) is 1. The summed E-state index contributed by atoms with van der Waals surface area (Å²) in [6.07, 6.45) is 3.18. The lowest BCUT2D eigenvalue weighted by Gasteiger charge is -2.00. The molecule has 0 amide bonds. The second kappa shape index (κ2) is 3.49. The molecular weight excluding hydrogens is 222 g/mol. The second-order valence-electron chi connectivity index (χ2n) is 3.26. The van der Waals surface area contributed by atoms with Crippen molar-refractivity contribution in [2.45, 2.75) is 0 Å². The van der Waals surface area contributed by atoms with E-state index in [9.17, 15) is 0 Å². The fourth-order valence-electron chi connectivity index (χ4n) is 1.49. The Morgan fingerprint density at radius 3 is 2.81 bits per heavy atom. The molecule has 2 heterocycles. The fraction of sp³-hybridized carbons (Fsp3) is 0. The maximum atomic E-state index is 5.50. The lowest BCUT2D eigenvalue weighted by molar-refractivity contribution is 1.22. The number of anilines is 1. The summed E-state index contributed by atoms with van der Waals surface area (Å²) in [7, 11) is 0. The first-order chi connectivity index (χ1) is 7.84. The molecule has 3 aromatic rings. The summed E-state index contributed by atoms with van der Waals surface area (Å²) in [5.41, 5.74) is 8.91. The van der Waals surface area contributed by atoms with Crippen molar-refractivity contribution >= 4 is 28.6 Å². The van der Waals surface area contributed by atoms with E-state index in [1.54, 1.807) is 6.20 Å². The van der Waals surface area contributed by atoms with Gasteiger partial charge in [-0.1, -0.05) is 12.1 Å². The molecule has 0 radical (unpaired) electrons. The van der Waals surface area contributed by atoms with Crippen molar-refractivity contribution in [1.82, 2.24) is 18.7 Å². The first-order valence-electron chi connectivity index (χ1n) is 4.64. The molecule has 0 spiro atoms. The number of hydrogen-bond donors (Lipinski definition) is 1. The van der Waals surface area contributed by atoms with E-state index in [4.69, 9.17) is 5.73 Å². The van der Waals surface area contributed by atoms with Gasteiger partial charge in [-0.05, 0) is 6.07 Å². The number of rotatable bonds is 1. The van der Waals surface area contributed by atoms with Crippen LogP contribution >= 0.6 is 11.7 Å². The van der Waals surface area contributed by atoms with Crippen molar-refractivity contribution in [3.8, 4) is 11.3 Å². The number of nitrogen functional groups attached to an aromatic ring is 1. The van der Waals surface area contributed by atoms with E-state index in [0.29, 0.717) is 5.82 Å². The zero-order chi connectivity index (χ0) is 11.0. The number of benzene rings is 1. The highest BCUT2D eigenvalue weighted by Gasteiger charge is 2.08. The third kappa shape index (κ3) is 1.40. The standard InChI is InChI=1S/C10H7N5S/c11-9-5-12-8(4-13-9)6-2-1-3-7-10(6)15-16-14-7/h1-5H,(H2,11,13). The van der Waals surface area contributed by atoms with E-state index in [1.165, 1.54) is 17.9 Å². The molecule has 78 valence electrons. The minimum absolute atomic E-state index is 0.410. The van der Waals surface area contributed by atoms with Crippen LogP contribution in [-0.4, -0.2) is 18.7 Å². The van der Waals surface area contributed by atoms with Gasteiger partial charge in [-0.2, -0.15) is 8.75 Å². The highest BCUT2D eigenvalue weighted by molar-refractivity contribution is 7.00. The summed E-state index contributed by atoms with van der Waals surface area (Å²) >= 11 is 1.19. The number of aromatic nitrogens is 4. The highest BCUT2D eigenvalue weighted by atomic mass is 32.1. The van der Waals surface area contributed by atoms with Gasteiger partial charge in [0.15, 0.2) is 0 Å². The molecule has 0 aliphatic rings. The minimum atomic E-state index is 0.410. The van der Waals surface area contributed by atoms with Gasteiger partial charge in [-0.15, -0.1) is 0 Å². The second-order valence-corrected chi connectivity index (χ2v) is 3.79. The quantitative estimate of drug-likeness (QED) is 0.687. The molecule has 0 saturated carbocycles. The van der Waals surface area contributed by atoms with Crippen LogP contribution < -0.4 is 5.73 Å². The molecule has 0 aliphatic carbocycles. The van der Waals surface area contributed by atoms with Gasteiger partial charge in [0.1, 0.15) is 16.9 Å². The molecule has 0 unspecified atom stereocenters. The smallest absolute Gasteiger partial charge is 0.141 e. The lowest BCUT2D eigenvalue weighted by Crippen LogP contribution is -1.92. The van der Waals surface area contributed by atoms with Crippen LogP contribution in [-0.2, 0) is 0 Å². The number of fused-ring (bicyclic) bond motifs is 1. The summed E-state index contributed by atoms with van der Waals surface area (Å²) in [4.78, 5) is 8.24. The third-order valence-electron chi connectivity index (χ3n) is 2.23. The van der Waals surface area contributed by atoms with E-state index >= 15 is 0 Å². The Kier molecular flexibility index (Phi) is 2.00. The maximum absolute atomic E-state index is 5.50. The van der Waals surface area contributed by atoms with E-state index in [1.807, 2.05) is 18.2 Å². The van der Waals surface area contributed by atoms with Crippen molar-refractivity contribution in [1.29, 1.82) is 0 Å². The largest absolute Gasteiger partial charge is 0.382 e. The van der Waals surface area contributed by atoms with Crippen LogP contribution in [0.3, 0.4) is 0 Å². The zero-order valence-electron chi connectivity index (χ0n) is 8.16. The summed E-state index contributed by atoms with van der Waals surface area (Å²) < 4.78 is 8.43. The van der Waals surface area contributed by atoms with Gasteiger partial charge in [0.25, 0.3) is 0 Å². The maximum Gasteiger partial charge on any atom is 0.141 e. The molecule has 0 bridgehead atoms. The molecule has 0 saturated heterocycles. The van der Waals surface area contributed by atoms with Crippen molar-refractivity contribution in [3.63, 3.8) is 0 Å². The van der Waals surface area contributed by atoms with Crippen molar-refractivity contribution in [2.75, 3.05) is 5.73 Å². The summed E-state index contributed by atoms with van der Waals surface area (Å²) in [5, 5.41) is 0. The molecule has 6 heteroatoms. The normalized spacial score (nSPS) is 10.8. The Bertz CT molecular complexity index is 631. The van der Waals surface area contributed by atoms with Gasteiger partial charge in [0.05, 0.1) is 29.8 Å². The molecule has 2 aromatic heterocycles. The molecule has 0 aliphatic heterocycles. The SMILES string of the molecule is Nc1cnc(-c2cccc3nsnc23)cn1. The molecule has 16 heavy (non-hydrogen) atoms. The molecule has 2 N–H and O–H groups in total. The van der Waals surface area contributed by atoms with Crippen molar-refractivity contribution in [3.05, 3.63) is 30.6 Å². The monoisotopic (exact) mass is 229 g/mol. The van der Waals surface area contributed by atoms with Crippen molar-refractivity contribution in [2.24, 2.45) is 0 Å². The molecular formula is C10H7N5S. The topological polar surface area (TPSA) is 77.6 Å². The van der Waals surface area contributed by atoms with Crippen LogP contribution in [0.4, 0.5) is 5.82 Å². The summed E-state index contributed by atoms with van der Waals surface area (Å²) in [6, 6.07) is 5.80. The van der Waals surface area contributed by atoms with Crippen LogP contribution in [0, 0.1) is 0 Å². The Morgan fingerprint density at radius 2 is 2.00 bits per heavy atom. The third-order valence-corrected chi connectivity index (χ3v) is 2.78. The summed E-state index contributed by atoms with van der Waals surface area (Å²) in [5.74, 6) is 0.410. The van der Waals surface area contributed by atoms with Gasteiger partial charge >= 0.3 is 0 Å². The molecule has 0 atom stereocenters.